The van der Waals surface area contributed by atoms with Gasteiger partial charge in [-0.05, 0) is 73.7 Å². The number of anilines is 1. The fourth-order valence-corrected chi connectivity index (χ4v) is 6.14. The molecule has 0 aliphatic carbocycles. The van der Waals surface area contributed by atoms with Crippen LogP contribution in [-0.2, 0) is 19.6 Å². The molecule has 0 unspecified atom stereocenters. The van der Waals surface area contributed by atoms with Gasteiger partial charge in [-0.25, -0.2) is 8.42 Å². The van der Waals surface area contributed by atoms with Crippen LogP contribution >= 0.6 is 0 Å². The highest BCUT2D eigenvalue weighted by atomic mass is 32.2. The molecule has 1 fully saturated rings. The Morgan fingerprint density at radius 3 is 2.39 bits per heavy atom. The van der Waals surface area contributed by atoms with Crippen LogP contribution < -0.4 is 15.0 Å². The van der Waals surface area contributed by atoms with Crippen LogP contribution in [0.25, 0.3) is 6.08 Å². The molecule has 0 atom stereocenters. The summed E-state index contributed by atoms with van der Waals surface area (Å²) >= 11 is 0. The SMILES string of the molecule is CCC(=O)N(C)c1cc(C)c(/C=C/S(=O)(=O)N2CCC3(CC2)N=C(c2cccc(OC(F)(F)F)c2)NC3=O)c(C)c1. The number of alkyl halides is 3. The number of halogens is 3. The summed E-state index contributed by atoms with van der Waals surface area (Å²) < 4.78 is 69.4. The molecule has 220 valence electrons. The zero-order valence-corrected chi connectivity index (χ0v) is 23.9. The van der Waals surface area contributed by atoms with Gasteiger partial charge >= 0.3 is 6.36 Å². The zero-order valence-electron chi connectivity index (χ0n) is 23.1. The van der Waals surface area contributed by atoms with Crippen LogP contribution in [0, 0.1) is 13.8 Å². The summed E-state index contributed by atoms with van der Waals surface area (Å²) in [5, 5.41) is 3.76. The van der Waals surface area contributed by atoms with Crippen molar-refractivity contribution in [2.24, 2.45) is 4.99 Å². The van der Waals surface area contributed by atoms with Gasteiger partial charge in [0.05, 0.1) is 0 Å². The molecule has 2 heterocycles. The van der Waals surface area contributed by atoms with Crippen molar-refractivity contribution in [1.82, 2.24) is 9.62 Å². The van der Waals surface area contributed by atoms with Gasteiger partial charge in [-0.15, -0.1) is 13.2 Å². The number of piperidine rings is 1. The lowest BCUT2D eigenvalue weighted by atomic mass is 9.89. The molecule has 2 aliphatic heterocycles. The predicted octanol–water partition coefficient (Wildman–Crippen LogP) is 4.29. The van der Waals surface area contributed by atoms with Crippen molar-refractivity contribution in [2.75, 3.05) is 25.0 Å². The minimum Gasteiger partial charge on any atom is -0.406 e. The van der Waals surface area contributed by atoms with Gasteiger partial charge in [-0.2, -0.15) is 4.31 Å². The summed E-state index contributed by atoms with van der Waals surface area (Å²) in [6.45, 7) is 5.54. The third-order valence-electron chi connectivity index (χ3n) is 7.28. The van der Waals surface area contributed by atoms with E-state index in [-0.39, 0.29) is 43.2 Å². The zero-order chi connectivity index (χ0) is 30.2. The van der Waals surface area contributed by atoms with E-state index in [1.165, 1.54) is 22.5 Å². The molecule has 1 saturated heterocycles. The molecule has 2 aromatic carbocycles. The molecule has 1 N–H and O–H groups in total. The number of carbonyl (C=O) groups excluding carboxylic acids is 2. The first-order valence-electron chi connectivity index (χ1n) is 13.0. The molecular weight excluding hydrogens is 561 g/mol. The van der Waals surface area contributed by atoms with Crippen molar-refractivity contribution in [3.63, 3.8) is 0 Å². The van der Waals surface area contributed by atoms with Gasteiger partial charge < -0.3 is 15.0 Å². The number of hydrogen-bond acceptors (Lipinski definition) is 6. The third kappa shape index (κ3) is 6.62. The number of amides is 2. The smallest absolute Gasteiger partial charge is 0.406 e. The first-order valence-corrected chi connectivity index (χ1v) is 14.5. The molecule has 2 amide bonds. The monoisotopic (exact) mass is 592 g/mol. The number of rotatable bonds is 7. The lowest BCUT2D eigenvalue weighted by Gasteiger charge is -2.34. The quantitative estimate of drug-likeness (QED) is 0.516. The molecule has 9 nitrogen and oxygen atoms in total. The average molecular weight is 593 g/mol. The van der Waals surface area contributed by atoms with Crippen molar-refractivity contribution < 1.29 is 35.9 Å². The minimum absolute atomic E-state index is 0.0334. The van der Waals surface area contributed by atoms with Crippen molar-refractivity contribution in [3.05, 3.63) is 64.1 Å². The van der Waals surface area contributed by atoms with Crippen LogP contribution in [0.2, 0.25) is 0 Å². The molecule has 1 spiro atoms. The number of ether oxygens (including phenoxy) is 1. The maximum absolute atomic E-state index is 13.2. The second-order valence-electron chi connectivity index (χ2n) is 10.1. The van der Waals surface area contributed by atoms with E-state index in [1.54, 1.807) is 18.9 Å². The van der Waals surface area contributed by atoms with E-state index >= 15 is 0 Å². The molecule has 2 aromatic rings. The lowest BCUT2D eigenvalue weighted by Crippen LogP contribution is -2.50. The highest BCUT2D eigenvalue weighted by molar-refractivity contribution is 7.92. The number of carbonyl (C=O) groups is 2. The molecular formula is C28H31F3N4O5S. The number of hydrogen-bond donors (Lipinski definition) is 1. The van der Waals surface area contributed by atoms with Crippen molar-refractivity contribution in [1.29, 1.82) is 0 Å². The van der Waals surface area contributed by atoms with E-state index in [9.17, 15) is 31.2 Å². The van der Waals surface area contributed by atoms with Gasteiger partial charge in [0.15, 0.2) is 0 Å². The largest absolute Gasteiger partial charge is 0.573 e. The summed E-state index contributed by atoms with van der Waals surface area (Å²) in [4.78, 5) is 31.0. The summed E-state index contributed by atoms with van der Waals surface area (Å²) in [7, 11) is -2.13. The minimum atomic E-state index is -4.86. The van der Waals surface area contributed by atoms with Gasteiger partial charge in [0.2, 0.25) is 15.9 Å². The van der Waals surface area contributed by atoms with E-state index < -0.39 is 33.6 Å². The standard InChI is InChI=1S/C28H31F3N4O5S/c1-5-24(36)34(4)21-15-18(2)23(19(3)16-21)9-14-41(38,39)35-12-10-27(11-13-35)26(37)32-25(33-27)20-7-6-8-22(17-20)40-28(29,30)31/h6-9,14-17H,5,10-13H2,1-4H3,(H,32,33,37)/b14-9+. The van der Waals surface area contributed by atoms with Gasteiger partial charge in [0, 0.05) is 43.2 Å². The van der Waals surface area contributed by atoms with Crippen LogP contribution in [0.4, 0.5) is 18.9 Å². The molecule has 0 radical (unpaired) electrons. The topological polar surface area (TPSA) is 108 Å². The van der Waals surface area contributed by atoms with E-state index in [2.05, 4.69) is 15.0 Å². The van der Waals surface area contributed by atoms with Crippen LogP contribution in [0.5, 0.6) is 5.75 Å². The normalized spacial score (nSPS) is 17.5. The van der Waals surface area contributed by atoms with Gasteiger partial charge in [0.25, 0.3) is 5.91 Å². The number of aliphatic imine (C=N–C) groups is 1. The highest BCUT2D eigenvalue weighted by Crippen LogP contribution is 2.33. The number of nitrogens with zero attached hydrogens (tertiary/aromatic N) is 3. The summed E-state index contributed by atoms with van der Waals surface area (Å²) in [6.07, 6.45) is -2.74. The maximum Gasteiger partial charge on any atom is 0.573 e. The number of benzene rings is 2. The Bertz CT molecular complexity index is 1500. The van der Waals surface area contributed by atoms with Gasteiger partial charge in [0.1, 0.15) is 17.1 Å². The van der Waals surface area contributed by atoms with Crippen LogP contribution in [-0.4, -0.2) is 62.4 Å². The number of sulfonamides is 1. The number of amidine groups is 1. The van der Waals surface area contributed by atoms with Crippen molar-refractivity contribution in [2.45, 2.75) is 51.9 Å². The van der Waals surface area contributed by atoms with E-state index in [0.717, 1.165) is 39.9 Å². The molecule has 0 bridgehead atoms. The second kappa shape index (κ2) is 11.3. The molecule has 13 heteroatoms. The molecule has 0 saturated carbocycles. The first-order chi connectivity index (χ1) is 19.1. The summed E-state index contributed by atoms with van der Waals surface area (Å²) in [5.41, 5.74) is 2.11. The van der Waals surface area contributed by atoms with E-state index in [1.807, 2.05) is 26.0 Å². The fraction of sp³-hybridized carbons (Fsp3) is 0.393. The maximum atomic E-state index is 13.2. The second-order valence-corrected chi connectivity index (χ2v) is 11.9. The van der Waals surface area contributed by atoms with E-state index in [0.29, 0.717) is 6.42 Å². The Morgan fingerprint density at radius 2 is 1.80 bits per heavy atom. The van der Waals surface area contributed by atoms with Crippen LogP contribution in [0.3, 0.4) is 0 Å². The summed E-state index contributed by atoms with van der Waals surface area (Å²) in [6, 6.07) is 8.79. The summed E-state index contributed by atoms with van der Waals surface area (Å²) in [5.74, 6) is -0.796. The molecule has 41 heavy (non-hydrogen) atoms. The Balaban J connectivity index is 1.47. The van der Waals surface area contributed by atoms with Crippen molar-refractivity contribution in [3.8, 4) is 5.75 Å². The number of aryl methyl sites for hydroxylation is 2. The Hall–Kier alpha value is -3.71. The van der Waals surface area contributed by atoms with Crippen LogP contribution in [0.1, 0.15) is 48.4 Å². The Kier molecular flexibility index (Phi) is 8.33. The van der Waals surface area contributed by atoms with Gasteiger partial charge in [-0.3, -0.25) is 14.6 Å². The fourth-order valence-electron chi connectivity index (χ4n) is 4.97. The molecule has 4 rings (SSSR count). The van der Waals surface area contributed by atoms with Gasteiger partial charge in [-0.1, -0.05) is 19.1 Å². The first kappa shape index (κ1) is 30.3. The Morgan fingerprint density at radius 1 is 1.17 bits per heavy atom. The Labute approximate surface area is 236 Å². The third-order valence-corrected chi connectivity index (χ3v) is 8.84. The molecule has 2 aliphatic rings. The average Bonchev–Trinajstić information content (AvgIpc) is 3.21. The van der Waals surface area contributed by atoms with Crippen LogP contribution in [0.15, 0.2) is 46.8 Å². The predicted molar refractivity (Wildman–Crippen MR) is 149 cm³/mol. The lowest BCUT2D eigenvalue weighted by molar-refractivity contribution is -0.274. The number of nitrogens with one attached hydrogen (secondary N) is 1. The van der Waals surface area contributed by atoms with Crippen molar-refractivity contribution >= 4 is 39.4 Å². The molecule has 0 aromatic heterocycles. The van der Waals surface area contributed by atoms with E-state index in [4.69, 9.17) is 0 Å². The highest BCUT2D eigenvalue weighted by Gasteiger charge is 2.47.